The van der Waals surface area contributed by atoms with Crippen molar-refractivity contribution < 1.29 is 5.11 Å². The predicted octanol–water partition coefficient (Wildman–Crippen LogP) is 2.18. The van der Waals surface area contributed by atoms with E-state index in [1.807, 2.05) is 24.3 Å². The van der Waals surface area contributed by atoms with Gasteiger partial charge in [-0.3, -0.25) is 0 Å². The molecule has 1 unspecified atom stereocenters. The molecule has 0 aliphatic rings. The maximum Gasteiger partial charge on any atom is 0.0503 e. The van der Waals surface area contributed by atoms with Gasteiger partial charge in [-0.1, -0.05) is 36.9 Å². The molecule has 1 aromatic rings. The van der Waals surface area contributed by atoms with Crippen LogP contribution in [0.3, 0.4) is 0 Å². The standard InChI is InChI=1S/C12H14O/c1-2-6-12(10-13)9-11-7-4-3-5-8-11/h3-8,12-13H,1,9-10H2. The van der Waals surface area contributed by atoms with Crippen molar-refractivity contribution in [2.45, 2.75) is 6.42 Å². The lowest BCUT2D eigenvalue weighted by molar-refractivity contribution is 0.252. The van der Waals surface area contributed by atoms with Crippen molar-refractivity contribution in [2.24, 2.45) is 5.92 Å². The first-order valence-corrected chi connectivity index (χ1v) is 4.37. The average molecular weight is 174 g/mol. The average Bonchev–Trinajstić information content (AvgIpc) is 2.19. The summed E-state index contributed by atoms with van der Waals surface area (Å²) < 4.78 is 0. The van der Waals surface area contributed by atoms with E-state index in [1.165, 1.54) is 5.56 Å². The summed E-state index contributed by atoms with van der Waals surface area (Å²) in [6, 6.07) is 10.1. The fourth-order valence-corrected chi connectivity index (χ4v) is 1.26. The van der Waals surface area contributed by atoms with Crippen molar-refractivity contribution in [2.75, 3.05) is 6.61 Å². The highest BCUT2D eigenvalue weighted by atomic mass is 16.3. The van der Waals surface area contributed by atoms with Gasteiger partial charge in [-0.2, -0.15) is 0 Å². The number of benzene rings is 1. The number of rotatable bonds is 4. The fraction of sp³-hybridized carbons (Fsp3) is 0.250. The molecule has 0 spiro atoms. The van der Waals surface area contributed by atoms with Gasteiger partial charge in [-0.05, 0) is 18.1 Å². The number of hydrogen-bond acceptors (Lipinski definition) is 1. The second kappa shape index (κ2) is 5.36. The zero-order valence-electron chi connectivity index (χ0n) is 7.61. The molecule has 0 saturated heterocycles. The van der Waals surface area contributed by atoms with Gasteiger partial charge in [0.05, 0.1) is 6.61 Å². The second-order valence-electron chi connectivity index (χ2n) is 3.00. The SMILES string of the molecule is C=C=CC(CO)Cc1ccccc1. The number of aliphatic hydroxyl groups excluding tert-OH is 1. The Hall–Kier alpha value is -1.30. The van der Waals surface area contributed by atoms with E-state index in [-0.39, 0.29) is 12.5 Å². The van der Waals surface area contributed by atoms with Gasteiger partial charge < -0.3 is 5.11 Å². The van der Waals surface area contributed by atoms with Crippen molar-refractivity contribution in [1.29, 1.82) is 0 Å². The lowest BCUT2D eigenvalue weighted by Crippen LogP contribution is -2.05. The van der Waals surface area contributed by atoms with Crippen LogP contribution in [0.2, 0.25) is 0 Å². The monoisotopic (exact) mass is 174 g/mol. The van der Waals surface area contributed by atoms with Crippen molar-refractivity contribution >= 4 is 0 Å². The molecule has 1 heteroatoms. The normalized spacial score (nSPS) is 11.8. The first kappa shape index (κ1) is 9.79. The fourth-order valence-electron chi connectivity index (χ4n) is 1.26. The molecule has 0 fully saturated rings. The van der Waals surface area contributed by atoms with Crippen LogP contribution in [0.5, 0.6) is 0 Å². The van der Waals surface area contributed by atoms with Gasteiger partial charge in [0.2, 0.25) is 0 Å². The van der Waals surface area contributed by atoms with E-state index in [4.69, 9.17) is 5.11 Å². The summed E-state index contributed by atoms with van der Waals surface area (Å²) in [6.45, 7) is 3.65. The van der Waals surface area contributed by atoms with Gasteiger partial charge in [-0.25, -0.2) is 0 Å². The van der Waals surface area contributed by atoms with Gasteiger partial charge in [0.1, 0.15) is 0 Å². The third-order valence-corrected chi connectivity index (χ3v) is 1.93. The van der Waals surface area contributed by atoms with E-state index in [0.29, 0.717) is 0 Å². The van der Waals surface area contributed by atoms with Crippen molar-refractivity contribution in [3.8, 4) is 0 Å². The molecule has 0 aliphatic heterocycles. The van der Waals surface area contributed by atoms with Crippen LogP contribution >= 0.6 is 0 Å². The highest BCUT2D eigenvalue weighted by Crippen LogP contribution is 2.08. The van der Waals surface area contributed by atoms with E-state index in [9.17, 15) is 0 Å². The number of hydrogen-bond donors (Lipinski definition) is 1. The molecule has 1 atom stereocenters. The summed E-state index contributed by atoms with van der Waals surface area (Å²) in [5.41, 5.74) is 3.93. The first-order chi connectivity index (χ1) is 6.36. The van der Waals surface area contributed by atoms with Crippen molar-refractivity contribution in [3.05, 3.63) is 54.3 Å². The maximum absolute atomic E-state index is 9.02. The van der Waals surface area contributed by atoms with Gasteiger partial charge in [-0.15, -0.1) is 5.73 Å². The Kier molecular flexibility index (Phi) is 4.04. The van der Waals surface area contributed by atoms with E-state index < -0.39 is 0 Å². The van der Waals surface area contributed by atoms with Gasteiger partial charge in [0, 0.05) is 5.92 Å². The van der Waals surface area contributed by atoms with Crippen LogP contribution < -0.4 is 0 Å². The first-order valence-electron chi connectivity index (χ1n) is 4.37. The molecule has 13 heavy (non-hydrogen) atoms. The van der Waals surface area contributed by atoms with Crippen LogP contribution in [-0.4, -0.2) is 11.7 Å². The predicted molar refractivity (Wildman–Crippen MR) is 54.4 cm³/mol. The molecule has 1 nitrogen and oxygen atoms in total. The molecular formula is C12H14O. The largest absolute Gasteiger partial charge is 0.396 e. The Bertz CT molecular complexity index is 283. The summed E-state index contributed by atoms with van der Waals surface area (Å²) in [6.07, 6.45) is 2.66. The zero-order valence-corrected chi connectivity index (χ0v) is 7.61. The van der Waals surface area contributed by atoms with E-state index in [2.05, 4.69) is 24.4 Å². The molecule has 0 radical (unpaired) electrons. The second-order valence-corrected chi connectivity index (χ2v) is 3.00. The van der Waals surface area contributed by atoms with E-state index in [1.54, 1.807) is 0 Å². The minimum atomic E-state index is 0.139. The summed E-state index contributed by atoms with van der Waals surface area (Å²) in [5.74, 6) is 0.139. The van der Waals surface area contributed by atoms with Crippen LogP contribution in [-0.2, 0) is 6.42 Å². The quantitative estimate of drug-likeness (QED) is 0.694. The molecule has 0 bridgehead atoms. The minimum Gasteiger partial charge on any atom is -0.396 e. The summed E-state index contributed by atoms with van der Waals surface area (Å²) >= 11 is 0. The lowest BCUT2D eigenvalue weighted by Gasteiger charge is -2.07. The van der Waals surface area contributed by atoms with Crippen LogP contribution in [0.4, 0.5) is 0 Å². The van der Waals surface area contributed by atoms with Crippen LogP contribution in [0.1, 0.15) is 5.56 Å². The molecule has 0 aromatic heterocycles. The molecule has 0 amide bonds. The third kappa shape index (κ3) is 3.29. The third-order valence-electron chi connectivity index (χ3n) is 1.93. The maximum atomic E-state index is 9.02. The highest BCUT2D eigenvalue weighted by Gasteiger charge is 2.03. The molecule has 1 rings (SSSR count). The van der Waals surface area contributed by atoms with Crippen LogP contribution in [0, 0.1) is 5.92 Å². The Balaban J connectivity index is 2.61. The smallest absolute Gasteiger partial charge is 0.0503 e. The van der Waals surface area contributed by atoms with Crippen molar-refractivity contribution in [1.82, 2.24) is 0 Å². The summed E-state index contributed by atoms with van der Waals surface area (Å²) in [4.78, 5) is 0. The van der Waals surface area contributed by atoms with Gasteiger partial charge in [0.25, 0.3) is 0 Å². The zero-order chi connectivity index (χ0) is 9.52. The molecule has 0 saturated carbocycles. The van der Waals surface area contributed by atoms with Crippen molar-refractivity contribution in [3.63, 3.8) is 0 Å². The summed E-state index contributed by atoms with van der Waals surface area (Å²) in [5, 5.41) is 9.02. The number of aliphatic hydroxyl groups is 1. The van der Waals surface area contributed by atoms with E-state index in [0.717, 1.165) is 6.42 Å². The van der Waals surface area contributed by atoms with Gasteiger partial charge >= 0.3 is 0 Å². The Labute approximate surface area is 79.0 Å². The topological polar surface area (TPSA) is 20.2 Å². The van der Waals surface area contributed by atoms with Crippen LogP contribution in [0.25, 0.3) is 0 Å². The molecule has 1 N–H and O–H groups in total. The molecule has 1 aromatic carbocycles. The van der Waals surface area contributed by atoms with E-state index >= 15 is 0 Å². The molecular weight excluding hydrogens is 160 g/mol. The van der Waals surface area contributed by atoms with Gasteiger partial charge in [0.15, 0.2) is 0 Å². The highest BCUT2D eigenvalue weighted by molar-refractivity contribution is 5.16. The minimum absolute atomic E-state index is 0.139. The van der Waals surface area contributed by atoms with Crippen LogP contribution in [0.15, 0.2) is 48.7 Å². The lowest BCUT2D eigenvalue weighted by atomic mass is 10.0. The molecule has 0 heterocycles. The Morgan fingerprint density at radius 2 is 2.08 bits per heavy atom. The Morgan fingerprint density at radius 3 is 2.62 bits per heavy atom. The Morgan fingerprint density at radius 1 is 1.38 bits per heavy atom. The summed E-state index contributed by atoms with van der Waals surface area (Å²) in [7, 11) is 0. The molecule has 68 valence electrons. The molecule has 0 aliphatic carbocycles.